The van der Waals surface area contributed by atoms with E-state index in [1.54, 1.807) is 19.2 Å². The van der Waals surface area contributed by atoms with Crippen molar-refractivity contribution in [2.75, 3.05) is 20.2 Å². The molecule has 0 spiro atoms. The molecule has 0 aromatic heterocycles. The number of hydrogen-bond donors (Lipinski definition) is 1. The van der Waals surface area contributed by atoms with Crippen molar-refractivity contribution >= 4 is 5.78 Å². The fraction of sp³-hybridized carbons (Fsp3) is 0.609. The molecule has 1 aromatic rings. The van der Waals surface area contributed by atoms with E-state index in [9.17, 15) is 9.90 Å². The zero-order valence-electron chi connectivity index (χ0n) is 17.3. The van der Waals surface area contributed by atoms with Gasteiger partial charge in [-0.15, -0.1) is 0 Å². The van der Waals surface area contributed by atoms with Gasteiger partial charge in [0.25, 0.3) is 0 Å². The SMILES string of the molecule is COc1ccccc1OC1=COC2C(CCC(O)C2CN2CCCCC2C)C1=O. The molecule has 3 aliphatic rings. The van der Waals surface area contributed by atoms with Crippen LogP contribution in [0.2, 0.25) is 0 Å². The molecule has 1 saturated carbocycles. The summed E-state index contributed by atoms with van der Waals surface area (Å²) in [4.78, 5) is 15.6. The Hall–Kier alpha value is -2.05. The summed E-state index contributed by atoms with van der Waals surface area (Å²) in [5.74, 6) is 0.874. The predicted molar refractivity (Wildman–Crippen MR) is 109 cm³/mol. The third kappa shape index (κ3) is 4.14. The van der Waals surface area contributed by atoms with Crippen LogP contribution in [0.1, 0.15) is 39.0 Å². The van der Waals surface area contributed by atoms with Gasteiger partial charge in [0.2, 0.25) is 11.5 Å². The van der Waals surface area contributed by atoms with Gasteiger partial charge in [0.1, 0.15) is 12.4 Å². The van der Waals surface area contributed by atoms with Gasteiger partial charge in [0.15, 0.2) is 11.5 Å². The first-order valence-electron chi connectivity index (χ1n) is 10.7. The molecule has 0 bridgehead atoms. The molecule has 1 aromatic carbocycles. The number of benzene rings is 1. The largest absolute Gasteiger partial charge is 0.493 e. The molecule has 158 valence electrons. The molecule has 2 aliphatic heterocycles. The lowest BCUT2D eigenvalue weighted by molar-refractivity contribution is -0.140. The number of allylic oxidation sites excluding steroid dienone is 1. The Kier molecular flexibility index (Phi) is 6.11. The number of methoxy groups -OCH3 is 1. The summed E-state index contributed by atoms with van der Waals surface area (Å²) in [5.41, 5.74) is 0. The number of ether oxygens (including phenoxy) is 3. The van der Waals surface area contributed by atoms with E-state index in [4.69, 9.17) is 14.2 Å². The Balaban J connectivity index is 1.50. The van der Waals surface area contributed by atoms with E-state index < -0.39 is 6.10 Å². The number of Topliss-reactive ketones (excluding diaryl/α,β-unsaturated/α-hetero) is 1. The van der Waals surface area contributed by atoms with Gasteiger partial charge in [-0.05, 0) is 51.3 Å². The number of aliphatic hydroxyl groups is 1. The molecule has 1 saturated heterocycles. The maximum atomic E-state index is 13.2. The molecule has 2 fully saturated rings. The lowest BCUT2D eigenvalue weighted by Gasteiger charge is -2.45. The number of rotatable bonds is 5. The Bertz CT molecular complexity index is 763. The van der Waals surface area contributed by atoms with Crippen molar-refractivity contribution in [2.24, 2.45) is 11.8 Å². The van der Waals surface area contributed by atoms with E-state index in [1.807, 2.05) is 12.1 Å². The van der Waals surface area contributed by atoms with E-state index in [1.165, 1.54) is 25.5 Å². The van der Waals surface area contributed by atoms with Crippen LogP contribution in [0.15, 0.2) is 36.3 Å². The number of para-hydroxylation sites is 2. The molecular formula is C23H31NO5. The molecule has 1 N–H and O–H groups in total. The first kappa shape index (κ1) is 20.2. The maximum absolute atomic E-state index is 13.2. The number of carbonyl (C=O) groups is 1. The summed E-state index contributed by atoms with van der Waals surface area (Å²) in [7, 11) is 1.57. The lowest BCUT2D eigenvalue weighted by Crippen LogP contribution is -2.54. The number of aliphatic hydroxyl groups excluding tert-OH is 1. The van der Waals surface area contributed by atoms with Gasteiger partial charge in [0, 0.05) is 18.5 Å². The highest BCUT2D eigenvalue weighted by molar-refractivity contribution is 5.96. The second-order valence-corrected chi connectivity index (χ2v) is 8.45. The summed E-state index contributed by atoms with van der Waals surface area (Å²) >= 11 is 0. The molecule has 0 radical (unpaired) electrons. The molecule has 0 amide bonds. The molecule has 4 rings (SSSR count). The fourth-order valence-corrected chi connectivity index (χ4v) is 4.92. The minimum absolute atomic E-state index is 0.0456. The molecule has 1 aliphatic carbocycles. The number of ketones is 1. The number of fused-ring (bicyclic) bond motifs is 1. The van der Waals surface area contributed by atoms with Gasteiger partial charge in [-0.2, -0.15) is 0 Å². The zero-order chi connectivity index (χ0) is 20.4. The van der Waals surface area contributed by atoms with Crippen LogP contribution in [-0.2, 0) is 9.53 Å². The van der Waals surface area contributed by atoms with Crippen molar-refractivity contribution in [3.8, 4) is 11.5 Å². The van der Waals surface area contributed by atoms with Crippen molar-refractivity contribution in [1.29, 1.82) is 0 Å². The van der Waals surface area contributed by atoms with Crippen LogP contribution in [-0.4, -0.2) is 54.2 Å². The van der Waals surface area contributed by atoms with Crippen molar-refractivity contribution in [3.63, 3.8) is 0 Å². The average Bonchev–Trinajstić information content (AvgIpc) is 2.74. The molecule has 6 nitrogen and oxygen atoms in total. The number of carbonyl (C=O) groups excluding carboxylic acids is 1. The third-order valence-corrected chi connectivity index (χ3v) is 6.67. The van der Waals surface area contributed by atoms with Crippen molar-refractivity contribution < 1.29 is 24.1 Å². The van der Waals surface area contributed by atoms with E-state index in [-0.39, 0.29) is 29.5 Å². The summed E-state index contributed by atoms with van der Waals surface area (Å²) < 4.78 is 17.2. The lowest BCUT2D eigenvalue weighted by atomic mass is 9.73. The number of hydrogen-bond acceptors (Lipinski definition) is 6. The quantitative estimate of drug-likeness (QED) is 0.818. The average molecular weight is 402 g/mol. The molecule has 5 unspecified atom stereocenters. The topological polar surface area (TPSA) is 68.2 Å². The Morgan fingerprint density at radius 3 is 2.72 bits per heavy atom. The highest BCUT2D eigenvalue weighted by atomic mass is 16.5. The summed E-state index contributed by atoms with van der Waals surface area (Å²) in [6, 6.07) is 7.76. The van der Waals surface area contributed by atoms with Crippen LogP contribution in [0.4, 0.5) is 0 Å². The van der Waals surface area contributed by atoms with Gasteiger partial charge in [-0.3, -0.25) is 4.79 Å². The summed E-state index contributed by atoms with van der Waals surface area (Å²) in [6.07, 6.45) is 5.56. The summed E-state index contributed by atoms with van der Waals surface area (Å²) in [6.45, 7) is 4.07. The van der Waals surface area contributed by atoms with Gasteiger partial charge < -0.3 is 24.2 Å². The third-order valence-electron chi connectivity index (χ3n) is 6.67. The second-order valence-electron chi connectivity index (χ2n) is 8.45. The Morgan fingerprint density at radius 2 is 1.97 bits per heavy atom. The van der Waals surface area contributed by atoms with Crippen LogP contribution >= 0.6 is 0 Å². The predicted octanol–water partition coefficient (Wildman–Crippen LogP) is 3.14. The van der Waals surface area contributed by atoms with Crippen LogP contribution in [0.3, 0.4) is 0 Å². The van der Waals surface area contributed by atoms with E-state index in [0.29, 0.717) is 30.4 Å². The van der Waals surface area contributed by atoms with Gasteiger partial charge >= 0.3 is 0 Å². The summed E-state index contributed by atoms with van der Waals surface area (Å²) in [5, 5.41) is 10.7. The normalized spacial score (nSPS) is 32.7. The standard InChI is InChI=1S/C23H31NO5/c1-15-7-5-6-12-24(15)13-17-18(25)11-10-16-22(26)21(14-28-23(16)17)29-20-9-4-3-8-19(20)27-2/h3-4,8-9,14-18,23,25H,5-7,10-13H2,1-2H3. The van der Waals surface area contributed by atoms with Crippen LogP contribution < -0.4 is 9.47 Å². The molecule has 2 heterocycles. The van der Waals surface area contributed by atoms with Crippen LogP contribution in [0.5, 0.6) is 11.5 Å². The molecule has 29 heavy (non-hydrogen) atoms. The van der Waals surface area contributed by atoms with Gasteiger partial charge in [-0.25, -0.2) is 0 Å². The Morgan fingerprint density at radius 1 is 1.17 bits per heavy atom. The smallest absolute Gasteiger partial charge is 0.208 e. The maximum Gasteiger partial charge on any atom is 0.208 e. The first-order chi connectivity index (χ1) is 14.1. The minimum atomic E-state index is -0.441. The van der Waals surface area contributed by atoms with Crippen molar-refractivity contribution in [2.45, 2.75) is 57.3 Å². The fourth-order valence-electron chi connectivity index (χ4n) is 4.92. The van der Waals surface area contributed by atoms with Crippen LogP contribution in [0.25, 0.3) is 0 Å². The highest BCUT2D eigenvalue weighted by Gasteiger charge is 2.47. The van der Waals surface area contributed by atoms with Gasteiger partial charge in [-0.1, -0.05) is 18.6 Å². The van der Waals surface area contributed by atoms with E-state index >= 15 is 0 Å². The molecule has 6 heteroatoms. The number of likely N-dealkylation sites (tertiary alicyclic amines) is 1. The van der Waals surface area contributed by atoms with Gasteiger partial charge in [0.05, 0.1) is 19.1 Å². The molecule has 5 atom stereocenters. The van der Waals surface area contributed by atoms with E-state index in [2.05, 4.69) is 11.8 Å². The van der Waals surface area contributed by atoms with Crippen molar-refractivity contribution in [3.05, 3.63) is 36.3 Å². The highest BCUT2D eigenvalue weighted by Crippen LogP contribution is 2.39. The number of piperidine rings is 1. The minimum Gasteiger partial charge on any atom is -0.493 e. The number of nitrogens with zero attached hydrogens (tertiary/aromatic N) is 1. The van der Waals surface area contributed by atoms with Crippen molar-refractivity contribution in [1.82, 2.24) is 4.90 Å². The second kappa shape index (κ2) is 8.76. The monoisotopic (exact) mass is 401 g/mol. The van der Waals surface area contributed by atoms with Crippen LogP contribution in [0, 0.1) is 11.8 Å². The molecular weight excluding hydrogens is 370 g/mol. The Labute approximate surface area is 172 Å². The zero-order valence-corrected chi connectivity index (χ0v) is 17.3. The van der Waals surface area contributed by atoms with E-state index in [0.717, 1.165) is 13.1 Å². The first-order valence-corrected chi connectivity index (χ1v) is 10.7.